The Bertz CT molecular complexity index is 499. The molecule has 17 heavy (non-hydrogen) atoms. The molecule has 0 radical (unpaired) electrons. The van der Waals surface area contributed by atoms with Gasteiger partial charge in [-0.25, -0.2) is 9.97 Å². The van der Waals surface area contributed by atoms with E-state index < -0.39 is 0 Å². The lowest BCUT2D eigenvalue weighted by molar-refractivity contribution is 0.464. The van der Waals surface area contributed by atoms with Crippen molar-refractivity contribution < 1.29 is 4.74 Å². The number of rotatable bonds is 3. The van der Waals surface area contributed by atoms with Crippen molar-refractivity contribution in [3.05, 3.63) is 36.8 Å². The van der Waals surface area contributed by atoms with E-state index in [1.54, 1.807) is 12.3 Å². The Morgan fingerprint density at radius 2 is 2.06 bits per heavy atom. The highest BCUT2D eigenvalue weighted by Crippen LogP contribution is 2.29. The molecule has 0 atom stereocenters. The lowest BCUT2D eigenvalue weighted by Crippen LogP contribution is -2.08. The number of benzene rings is 1. The summed E-state index contributed by atoms with van der Waals surface area (Å²) >= 11 is 0. The topological polar surface area (TPSA) is 64.3 Å². The Morgan fingerprint density at radius 1 is 1.24 bits per heavy atom. The minimum atomic E-state index is 0.475. The zero-order valence-corrected chi connectivity index (χ0v) is 9.79. The van der Waals surface area contributed by atoms with Crippen LogP contribution in [0.5, 0.6) is 11.6 Å². The molecule has 0 saturated heterocycles. The zero-order valence-electron chi connectivity index (χ0n) is 9.79. The van der Waals surface area contributed by atoms with Crippen molar-refractivity contribution >= 4 is 11.4 Å². The Kier molecular flexibility index (Phi) is 3.09. The smallest absolute Gasteiger partial charge is 0.222 e. The standard InChI is InChI=1S/C12H14N4O/c1-16(2)9-3-4-10(13)11(7-9)17-12-5-6-14-8-15-12/h3-8H,13H2,1-2H3. The highest BCUT2D eigenvalue weighted by Gasteiger charge is 2.05. The van der Waals surface area contributed by atoms with E-state index in [0.29, 0.717) is 17.3 Å². The Balaban J connectivity index is 2.29. The average molecular weight is 230 g/mol. The number of ether oxygens (including phenoxy) is 1. The third kappa shape index (κ3) is 2.63. The molecule has 0 amide bonds. The van der Waals surface area contributed by atoms with Gasteiger partial charge >= 0.3 is 0 Å². The minimum absolute atomic E-state index is 0.475. The third-order valence-corrected chi connectivity index (χ3v) is 2.28. The summed E-state index contributed by atoms with van der Waals surface area (Å²) < 4.78 is 5.60. The van der Waals surface area contributed by atoms with Crippen molar-refractivity contribution in [2.24, 2.45) is 0 Å². The molecule has 88 valence electrons. The zero-order chi connectivity index (χ0) is 12.3. The lowest BCUT2D eigenvalue weighted by atomic mass is 10.2. The second-order valence-corrected chi connectivity index (χ2v) is 3.77. The molecule has 0 unspecified atom stereocenters. The fraction of sp³-hybridized carbons (Fsp3) is 0.167. The second-order valence-electron chi connectivity index (χ2n) is 3.77. The predicted octanol–water partition coefficient (Wildman–Crippen LogP) is 1.92. The monoisotopic (exact) mass is 230 g/mol. The molecular formula is C12H14N4O. The summed E-state index contributed by atoms with van der Waals surface area (Å²) in [6, 6.07) is 7.30. The minimum Gasteiger partial charge on any atom is -0.437 e. The lowest BCUT2D eigenvalue weighted by Gasteiger charge is -2.15. The van der Waals surface area contributed by atoms with Gasteiger partial charge in [0.1, 0.15) is 6.33 Å². The largest absolute Gasteiger partial charge is 0.437 e. The molecule has 1 heterocycles. The van der Waals surface area contributed by atoms with E-state index in [0.717, 1.165) is 5.69 Å². The van der Waals surface area contributed by atoms with Crippen LogP contribution in [0, 0.1) is 0 Å². The molecule has 0 saturated carbocycles. The summed E-state index contributed by atoms with van der Waals surface area (Å²) in [6.45, 7) is 0. The van der Waals surface area contributed by atoms with Crippen molar-refractivity contribution in [1.29, 1.82) is 0 Å². The van der Waals surface area contributed by atoms with Gasteiger partial charge in [0.05, 0.1) is 5.69 Å². The van der Waals surface area contributed by atoms with E-state index in [2.05, 4.69) is 9.97 Å². The van der Waals surface area contributed by atoms with Gasteiger partial charge in [0, 0.05) is 38.1 Å². The number of aromatic nitrogens is 2. The van der Waals surface area contributed by atoms with Crippen LogP contribution in [-0.2, 0) is 0 Å². The molecule has 0 aliphatic carbocycles. The van der Waals surface area contributed by atoms with Crippen molar-refractivity contribution in [3.8, 4) is 11.6 Å². The van der Waals surface area contributed by atoms with Crippen LogP contribution in [0.4, 0.5) is 11.4 Å². The van der Waals surface area contributed by atoms with Crippen LogP contribution in [0.2, 0.25) is 0 Å². The molecule has 2 aromatic rings. The van der Waals surface area contributed by atoms with Crippen LogP contribution in [-0.4, -0.2) is 24.1 Å². The molecule has 0 fully saturated rings. The summed E-state index contributed by atoms with van der Waals surface area (Å²) in [7, 11) is 3.92. The molecule has 0 spiro atoms. The number of anilines is 2. The highest BCUT2D eigenvalue weighted by atomic mass is 16.5. The molecule has 5 heteroatoms. The van der Waals surface area contributed by atoms with Gasteiger partial charge in [-0.2, -0.15) is 0 Å². The summed E-state index contributed by atoms with van der Waals surface area (Å²) in [5.41, 5.74) is 7.45. The first kappa shape index (κ1) is 11.2. The Hall–Kier alpha value is -2.30. The van der Waals surface area contributed by atoms with E-state index in [4.69, 9.17) is 10.5 Å². The SMILES string of the molecule is CN(C)c1ccc(N)c(Oc2ccncn2)c1. The first-order valence-corrected chi connectivity index (χ1v) is 5.17. The molecule has 1 aromatic carbocycles. The molecule has 2 N–H and O–H groups in total. The van der Waals surface area contributed by atoms with Gasteiger partial charge in [-0.3, -0.25) is 0 Å². The maximum atomic E-state index is 5.85. The molecule has 0 aliphatic heterocycles. The van der Waals surface area contributed by atoms with Crippen molar-refractivity contribution in [2.45, 2.75) is 0 Å². The molecule has 0 aliphatic rings. The predicted molar refractivity (Wildman–Crippen MR) is 67.3 cm³/mol. The van der Waals surface area contributed by atoms with Crippen molar-refractivity contribution in [1.82, 2.24) is 9.97 Å². The molecule has 2 rings (SSSR count). The fourth-order valence-corrected chi connectivity index (χ4v) is 1.34. The first-order valence-electron chi connectivity index (χ1n) is 5.17. The van der Waals surface area contributed by atoms with Crippen LogP contribution in [0.1, 0.15) is 0 Å². The van der Waals surface area contributed by atoms with Gasteiger partial charge in [0.2, 0.25) is 5.88 Å². The number of hydrogen-bond donors (Lipinski definition) is 1. The normalized spacial score (nSPS) is 10.0. The molecule has 1 aromatic heterocycles. The van der Waals surface area contributed by atoms with E-state index in [9.17, 15) is 0 Å². The van der Waals surface area contributed by atoms with Gasteiger partial charge in [0.25, 0.3) is 0 Å². The van der Waals surface area contributed by atoms with E-state index >= 15 is 0 Å². The van der Waals surface area contributed by atoms with Crippen LogP contribution in [0.15, 0.2) is 36.8 Å². The van der Waals surface area contributed by atoms with Gasteiger partial charge < -0.3 is 15.4 Å². The quantitative estimate of drug-likeness (QED) is 0.816. The van der Waals surface area contributed by atoms with Gasteiger partial charge in [0.15, 0.2) is 5.75 Å². The highest BCUT2D eigenvalue weighted by molar-refractivity contribution is 5.62. The average Bonchev–Trinajstić information content (AvgIpc) is 2.33. The number of nitrogens with two attached hydrogens (primary N) is 1. The van der Waals surface area contributed by atoms with Crippen LogP contribution >= 0.6 is 0 Å². The van der Waals surface area contributed by atoms with Crippen LogP contribution in [0.25, 0.3) is 0 Å². The maximum Gasteiger partial charge on any atom is 0.222 e. The van der Waals surface area contributed by atoms with Gasteiger partial charge in [-0.05, 0) is 12.1 Å². The van der Waals surface area contributed by atoms with E-state index in [1.807, 2.05) is 37.2 Å². The second kappa shape index (κ2) is 4.69. The third-order valence-electron chi connectivity index (χ3n) is 2.28. The summed E-state index contributed by atoms with van der Waals surface area (Å²) in [5.74, 6) is 1.07. The van der Waals surface area contributed by atoms with Crippen LogP contribution in [0.3, 0.4) is 0 Å². The maximum absolute atomic E-state index is 5.85. The Labute approximate surface area is 99.9 Å². The first-order chi connectivity index (χ1) is 8.16. The van der Waals surface area contributed by atoms with Gasteiger partial charge in [-0.15, -0.1) is 0 Å². The number of hydrogen-bond acceptors (Lipinski definition) is 5. The number of nitrogen functional groups attached to an aromatic ring is 1. The number of nitrogens with zero attached hydrogens (tertiary/aromatic N) is 3. The summed E-state index contributed by atoms with van der Waals surface area (Å²) in [4.78, 5) is 9.79. The van der Waals surface area contributed by atoms with E-state index in [1.165, 1.54) is 6.33 Å². The van der Waals surface area contributed by atoms with Crippen LogP contribution < -0.4 is 15.4 Å². The molecule has 0 bridgehead atoms. The van der Waals surface area contributed by atoms with E-state index in [-0.39, 0.29) is 0 Å². The summed E-state index contributed by atoms with van der Waals surface area (Å²) in [5, 5.41) is 0. The fourth-order valence-electron chi connectivity index (χ4n) is 1.34. The molecular weight excluding hydrogens is 216 g/mol. The van der Waals surface area contributed by atoms with Crippen molar-refractivity contribution in [3.63, 3.8) is 0 Å². The van der Waals surface area contributed by atoms with Gasteiger partial charge in [-0.1, -0.05) is 0 Å². The Morgan fingerprint density at radius 3 is 2.71 bits per heavy atom. The van der Waals surface area contributed by atoms with Crippen molar-refractivity contribution in [2.75, 3.05) is 24.7 Å². The molecule has 5 nitrogen and oxygen atoms in total. The summed E-state index contributed by atoms with van der Waals surface area (Å²) in [6.07, 6.45) is 3.05.